The second-order valence-corrected chi connectivity index (χ2v) is 5.23. The topological polar surface area (TPSA) is 70.9 Å². The Morgan fingerprint density at radius 3 is 2.54 bits per heavy atom. The van der Waals surface area contributed by atoms with Crippen LogP contribution in [0.1, 0.15) is 23.6 Å². The Bertz CT molecular complexity index is 684. The van der Waals surface area contributed by atoms with E-state index >= 15 is 0 Å². The minimum absolute atomic E-state index is 0.0597. The molecule has 126 valence electrons. The number of hydrogen-bond acceptors (Lipinski definition) is 4. The van der Waals surface area contributed by atoms with E-state index in [0.29, 0.717) is 18.6 Å². The van der Waals surface area contributed by atoms with Crippen LogP contribution in [0.15, 0.2) is 59.8 Å². The van der Waals surface area contributed by atoms with Crippen molar-refractivity contribution in [3.63, 3.8) is 0 Å². The summed E-state index contributed by atoms with van der Waals surface area (Å²) < 4.78 is 0. The number of benzene rings is 2. The van der Waals surface area contributed by atoms with Crippen LogP contribution in [0.25, 0.3) is 0 Å². The first kappa shape index (κ1) is 17.7. The van der Waals surface area contributed by atoms with Crippen LogP contribution in [0.5, 0.6) is 0 Å². The van der Waals surface area contributed by atoms with Crippen molar-refractivity contribution in [2.75, 3.05) is 13.2 Å². The minimum atomic E-state index is -1.09. The van der Waals surface area contributed by atoms with Gasteiger partial charge in [0, 0.05) is 12.1 Å². The van der Waals surface area contributed by atoms with Crippen molar-refractivity contribution in [1.29, 1.82) is 0 Å². The van der Waals surface area contributed by atoms with Crippen LogP contribution in [-0.4, -0.2) is 29.9 Å². The lowest BCUT2D eigenvalue weighted by atomic mass is 10.0. The van der Waals surface area contributed by atoms with Crippen LogP contribution in [0.4, 0.5) is 0 Å². The maximum atomic E-state index is 11.4. The van der Waals surface area contributed by atoms with Gasteiger partial charge in [-0.25, -0.2) is 4.79 Å². The highest BCUT2D eigenvalue weighted by Gasteiger charge is 2.17. The van der Waals surface area contributed by atoms with E-state index in [2.05, 4.69) is 22.6 Å². The zero-order valence-corrected chi connectivity index (χ0v) is 13.7. The summed E-state index contributed by atoms with van der Waals surface area (Å²) in [6.45, 7) is 3.62. The standard InChI is InChI=1S/C19H22N2O3/c1-2-24-21-18(19(22)23)17-11-7-6-10-16(17)12-13-20-14-15-8-4-3-5-9-15/h3-11,20H,2,12-14H2,1H3,(H,22,23). The second-order valence-electron chi connectivity index (χ2n) is 5.23. The molecule has 5 heteroatoms. The average molecular weight is 326 g/mol. The van der Waals surface area contributed by atoms with E-state index in [-0.39, 0.29) is 5.71 Å². The molecule has 24 heavy (non-hydrogen) atoms. The predicted molar refractivity (Wildman–Crippen MR) is 94.1 cm³/mol. The molecule has 0 radical (unpaired) electrons. The summed E-state index contributed by atoms with van der Waals surface area (Å²) in [6, 6.07) is 17.5. The van der Waals surface area contributed by atoms with Gasteiger partial charge in [-0.05, 0) is 31.0 Å². The lowest BCUT2D eigenvalue weighted by Gasteiger charge is -2.10. The first-order valence-corrected chi connectivity index (χ1v) is 7.98. The van der Waals surface area contributed by atoms with Gasteiger partial charge in [0.1, 0.15) is 6.61 Å². The van der Waals surface area contributed by atoms with Crippen molar-refractivity contribution < 1.29 is 14.7 Å². The molecule has 0 spiro atoms. The fourth-order valence-corrected chi connectivity index (χ4v) is 2.35. The van der Waals surface area contributed by atoms with Gasteiger partial charge in [-0.3, -0.25) is 0 Å². The van der Waals surface area contributed by atoms with Crippen LogP contribution in [-0.2, 0) is 22.6 Å². The Labute approximate surface area is 142 Å². The quantitative estimate of drug-likeness (QED) is 0.422. The molecule has 0 fully saturated rings. The Morgan fingerprint density at radius 1 is 1.12 bits per heavy atom. The van der Waals surface area contributed by atoms with Gasteiger partial charge < -0.3 is 15.3 Å². The normalized spacial score (nSPS) is 11.3. The number of oxime groups is 1. The maximum absolute atomic E-state index is 11.4. The molecular formula is C19H22N2O3. The Balaban J connectivity index is 2.01. The lowest BCUT2D eigenvalue weighted by molar-refractivity contribution is -0.129. The van der Waals surface area contributed by atoms with Crippen LogP contribution >= 0.6 is 0 Å². The largest absolute Gasteiger partial charge is 0.476 e. The first-order chi connectivity index (χ1) is 11.7. The highest BCUT2D eigenvalue weighted by molar-refractivity contribution is 6.42. The molecule has 0 bridgehead atoms. The molecule has 0 aliphatic carbocycles. The Morgan fingerprint density at radius 2 is 1.83 bits per heavy atom. The predicted octanol–water partition coefficient (Wildman–Crippen LogP) is 2.84. The van der Waals surface area contributed by atoms with Crippen molar-refractivity contribution in [3.8, 4) is 0 Å². The molecule has 0 heterocycles. The van der Waals surface area contributed by atoms with E-state index in [1.807, 2.05) is 30.3 Å². The monoisotopic (exact) mass is 326 g/mol. The molecule has 5 nitrogen and oxygen atoms in total. The molecule has 2 rings (SSSR count). The van der Waals surface area contributed by atoms with E-state index in [9.17, 15) is 9.90 Å². The van der Waals surface area contributed by atoms with Crippen molar-refractivity contribution in [3.05, 3.63) is 71.3 Å². The minimum Gasteiger partial charge on any atom is -0.476 e. The summed E-state index contributed by atoms with van der Waals surface area (Å²) in [6.07, 6.45) is 0.710. The van der Waals surface area contributed by atoms with Crippen molar-refractivity contribution in [2.45, 2.75) is 19.9 Å². The highest BCUT2D eigenvalue weighted by atomic mass is 16.6. The maximum Gasteiger partial charge on any atom is 0.358 e. The smallest absolute Gasteiger partial charge is 0.358 e. The summed E-state index contributed by atoms with van der Waals surface area (Å²) in [7, 11) is 0. The van der Waals surface area contributed by atoms with Gasteiger partial charge >= 0.3 is 5.97 Å². The van der Waals surface area contributed by atoms with Gasteiger partial charge in [0.05, 0.1) is 0 Å². The third-order valence-corrected chi connectivity index (χ3v) is 3.50. The number of nitrogens with zero attached hydrogens (tertiary/aromatic N) is 1. The van der Waals surface area contributed by atoms with Crippen LogP contribution in [0.2, 0.25) is 0 Å². The van der Waals surface area contributed by atoms with Gasteiger partial charge in [-0.2, -0.15) is 0 Å². The molecular weight excluding hydrogens is 304 g/mol. The number of rotatable bonds is 9. The highest BCUT2D eigenvalue weighted by Crippen LogP contribution is 2.12. The number of carbonyl (C=O) groups is 1. The summed E-state index contributed by atoms with van der Waals surface area (Å²) in [5, 5.41) is 16.5. The van der Waals surface area contributed by atoms with E-state index in [0.717, 1.165) is 18.7 Å². The summed E-state index contributed by atoms with van der Waals surface area (Å²) in [5.74, 6) is -1.09. The summed E-state index contributed by atoms with van der Waals surface area (Å²) >= 11 is 0. The van der Waals surface area contributed by atoms with Gasteiger partial charge in [0.25, 0.3) is 0 Å². The SMILES string of the molecule is CCON=C(C(=O)O)c1ccccc1CCNCc1ccccc1. The average Bonchev–Trinajstić information content (AvgIpc) is 2.61. The molecule has 2 aromatic rings. The number of carboxylic acids is 1. The van der Waals surface area contributed by atoms with E-state index in [1.54, 1.807) is 19.1 Å². The van der Waals surface area contributed by atoms with E-state index < -0.39 is 5.97 Å². The second kappa shape index (κ2) is 9.47. The van der Waals surface area contributed by atoms with Crippen molar-refractivity contribution in [2.24, 2.45) is 5.16 Å². The van der Waals surface area contributed by atoms with Gasteiger partial charge in [0.2, 0.25) is 0 Å². The fraction of sp³-hybridized carbons (Fsp3) is 0.263. The third-order valence-electron chi connectivity index (χ3n) is 3.50. The van der Waals surface area contributed by atoms with Gasteiger partial charge in [0.15, 0.2) is 5.71 Å². The molecule has 0 saturated carbocycles. The molecule has 0 amide bonds. The van der Waals surface area contributed by atoms with Crippen molar-refractivity contribution in [1.82, 2.24) is 5.32 Å². The third kappa shape index (κ3) is 5.21. The number of carboxylic acid groups (broad SMARTS) is 1. The van der Waals surface area contributed by atoms with Crippen LogP contribution < -0.4 is 5.32 Å². The molecule has 0 atom stereocenters. The number of hydrogen-bond donors (Lipinski definition) is 2. The molecule has 0 aromatic heterocycles. The van der Waals surface area contributed by atoms with Gasteiger partial charge in [-0.1, -0.05) is 59.8 Å². The Kier molecular flexibility index (Phi) is 6.98. The lowest BCUT2D eigenvalue weighted by Crippen LogP contribution is -2.20. The molecule has 2 N–H and O–H groups in total. The molecule has 0 aliphatic rings. The van der Waals surface area contributed by atoms with E-state index in [1.165, 1.54) is 5.56 Å². The molecule has 0 aliphatic heterocycles. The van der Waals surface area contributed by atoms with Gasteiger partial charge in [-0.15, -0.1) is 0 Å². The summed E-state index contributed by atoms with van der Waals surface area (Å²) in [4.78, 5) is 16.4. The van der Waals surface area contributed by atoms with Crippen molar-refractivity contribution >= 4 is 11.7 Å². The molecule has 2 aromatic carbocycles. The van der Waals surface area contributed by atoms with Crippen LogP contribution in [0, 0.1) is 0 Å². The Hall–Kier alpha value is -2.66. The van der Waals surface area contributed by atoms with E-state index in [4.69, 9.17) is 4.84 Å². The van der Waals surface area contributed by atoms with Crippen LogP contribution in [0.3, 0.4) is 0 Å². The number of nitrogens with one attached hydrogen (secondary N) is 1. The fourth-order valence-electron chi connectivity index (χ4n) is 2.35. The zero-order chi connectivity index (χ0) is 17.2. The first-order valence-electron chi connectivity index (χ1n) is 7.98. The molecule has 0 unspecified atom stereocenters. The molecule has 0 saturated heterocycles. The number of aliphatic carboxylic acids is 1. The summed E-state index contributed by atoms with van der Waals surface area (Å²) in [5.41, 5.74) is 2.68. The zero-order valence-electron chi connectivity index (χ0n) is 13.7.